The second-order valence-electron chi connectivity index (χ2n) is 7.75. The van der Waals surface area contributed by atoms with Gasteiger partial charge in [0.05, 0.1) is 7.11 Å². The Bertz CT molecular complexity index is 838. The van der Waals surface area contributed by atoms with Gasteiger partial charge in [-0.1, -0.05) is 58.3 Å². The number of hydrogen-bond acceptors (Lipinski definition) is 6. The van der Waals surface area contributed by atoms with Crippen LogP contribution in [0.1, 0.15) is 59.8 Å². The quantitative estimate of drug-likeness (QED) is 0.484. The van der Waals surface area contributed by atoms with Crippen molar-refractivity contribution in [1.82, 2.24) is 15.5 Å². The third kappa shape index (κ3) is 7.02. The Balaban J connectivity index is 2.08. The number of rotatable bonds is 12. The first-order valence-corrected chi connectivity index (χ1v) is 11.8. The lowest BCUT2D eigenvalue weighted by Crippen LogP contribution is -2.49. The van der Waals surface area contributed by atoms with E-state index in [1.807, 2.05) is 45.0 Å². The molecule has 0 aliphatic rings. The van der Waals surface area contributed by atoms with E-state index in [1.165, 1.54) is 11.3 Å². The topological polar surface area (TPSA) is 93.2 Å². The van der Waals surface area contributed by atoms with Crippen molar-refractivity contribution in [2.75, 3.05) is 12.4 Å². The lowest BCUT2D eigenvalue weighted by molar-refractivity contribution is -0.130. The van der Waals surface area contributed by atoms with E-state index in [1.54, 1.807) is 7.11 Å². The smallest absolute Gasteiger partial charge is 0.249 e. The van der Waals surface area contributed by atoms with Gasteiger partial charge >= 0.3 is 0 Å². The minimum Gasteiger partial charge on any atom is -0.497 e. The van der Waals surface area contributed by atoms with E-state index >= 15 is 0 Å². The second kappa shape index (κ2) is 12.4. The molecule has 0 aliphatic heterocycles. The highest BCUT2D eigenvalue weighted by molar-refractivity contribution is 7.18. The Hall–Kier alpha value is -2.48. The first-order chi connectivity index (χ1) is 14.9. The van der Waals surface area contributed by atoms with Crippen LogP contribution in [0.4, 0.5) is 5.13 Å². The van der Waals surface area contributed by atoms with Crippen molar-refractivity contribution in [3.8, 4) is 16.3 Å². The standard InChI is InChI=1S/C23H34N4O3S/c1-6-9-10-16(8-3)20(28)24-19(15(4)7-2)21(29)25-23-27-26-22(31-23)17-11-13-18(30-5)14-12-17/h11-16,19H,6-10H2,1-5H3,(H,24,28)(H,25,27,29)/t15-,16+,19-/m1/s1. The number of unbranched alkanes of at least 4 members (excludes halogenated alkanes) is 1. The summed E-state index contributed by atoms with van der Waals surface area (Å²) in [4.78, 5) is 25.8. The Morgan fingerprint density at radius 3 is 2.35 bits per heavy atom. The third-order valence-electron chi connectivity index (χ3n) is 5.56. The molecule has 31 heavy (non-hydrogen) atoms. The molecule has 8 heteroatoms. The molecule has 170 valence electrons. The van der Waals surface area contributed by atoms with Crippen LogP contribution < -0.4 is 15.4 Å². The predicted octanol–water partition coefficient (Wildman–Crippen LogP) is 4.90. The van der Waals surface area contributed by atoms with Crippen LogP contribution in [-0.4, -0.2) is 35.2 Å². The zero-order valence-corrected chi connectivity index (χ0v) is 19.9. The van der Waals surface area contributed by atoms with Crippen molar-refractivity contribution in [3.05, 3.63) is 24.3 Å². The Morgan fingerprint density at radius 1 is 1.06 bits per heavy atom. The van der Waals surface area contributed by atoms with Crippen molar-refractivity contribution in [3.63, 3.8) is 0 Å². The van der Waals surface area contributed by atoms with E-state index in [4.69, 9.17) is 4.74 Å². The predicted molar refractivity (Wildman–Crippen MR) is 125 cm³/mol. The molecule has 1 aromatic heterocycles. The highest BCUT2D eigenvalue weighted by Crippen LogP contribution is 2.28. The van der Waals surface area contributed by atoms with Gasteiger partial charge in [0.1, 0.15) is 16.8 Å². The van der Waals surface area contributed by atoms with Crippen molar-refractivity contribution in [1.29, 1.82) is 0 Å². The van der Waals surface area contributed by atoms with Gasteiger partial charge in [0.15, 0.2) is 0 Å². The Kier molecular flexibility index (Phi) is 9.91. The van der Waals surface area contributed by atoms with Gasteiger partial charge in [-0.25, -0.2) is 0 Å². The van der Waals surface area contributed by atoms with Crippen molar-refractivity contribution in [2.45, 2.75) is 65.8 Å². The number of amides is 2. The fraction of sp³-hybridized carbons (Fsp3) is 0.565. The van der Waals surface area contributed by atoms with Crippen LogP contribution in [-0.2, 0) is 9.59 Å². The van der Waals surface area contributed by atoms with Gasteiger partial charge in [-0.15, -0.1) is 10.2 Å². The fourth-order valence-electron chi connectivity index (χ4n) is 3.25. The van der Waals surface area contributed by atoms with Crippen LogP contribution in [0.5, 0.6) is 5.75 Å². The molecule has 0 saturated carbocycles. The van der Waals surface area contributed by atoms with Gasteiger partial charge in [-0.2, -0.15) is 0 Å². The molecule has 2 N–H and O–H groups in total. The van der Waals surface area contributed by atoms with Crippen molar-refractivity contribution >= 4 is 28.3 Å². The monoisotopic (exact) mass is 446 g/mol. The summed E-state index contributed by atoms with van der Waals surface area (Å²) in [6.07, 6.45) is 4.44. The van der Waals surface area contributed by atoms with E-state index in [9.17, 15) is 9.59 Å². The lowest BCUT2D eigenvalue weighted by atomic mass is 9.94. The van der Waals surface area contributed by atoms with Crippen LogP contribution >= 0.6 is 11.3 Å². The summed E-state index contributed by atoms with van der Waals surface area (Å²) in [5.74, 6) is 0.389. The highest BCUT2D eigenvalue weighted by Gasteiger charge is 2.29. The number of ether oxygens (including phenoxy) is 1. The summed E-state index contributed by atoms with van der Waals surface area (Å²) in [7, 11) is 1.62. The summed E-state index contributed by atoms with van der Waals surface area (Å²) in [6, 6.07) is 6.89. The number of anilines is 1. The van der Waals surface area contributed by atoms with E-state index in [2.05, 4.69) is 27.8 Å². The van der Waals surface area contributed by atoms with E-state index < -0.39 is 6.04 Å². The first kappa shape index (κ1) is 24.8. The van der Waals surface area contributed by atoms with Crippen LogP contribution in [0.3, 0.4) is 0 Å². The third-order valence-corrected chi connectivity index (χ3v) is 6.44. The average Bonchev–Trinajstić information content (AvgIpc) is 3.25. The molecule has 2 amide bonds. The molecule has 0 fully saturated rings. The number of aromatic nitrogens is 2. The molecule has 1 heterocycles. The molecule has 0 bridgehead atoms. The van der Waals surface area contributed by atoms with Gasteiger partial charge in [0, 0.05) is 11.5 Å². The van der Waals surface area contributed by atoms with Crippen LogP contribution in [0.2, 0.25) is 0 Å². The van der Waals surface area contributed by atoms with E-state index in [-0.39, 0.29) is 23.7 Å². The second-order valence-corrected chi connectivity index (χ2v) is 8.73. The van der Waals surface area contributed by atoms with Gasteiger partial charge in [0.25, 0.3) is 0 Å². The molecule has 1 aromatic carbocycles. The number of hydrogen-bond donors (Lipinski definition) is 2. The number of nitrogens with zero attached hydrogens (tertiary/aromatic N) is 2. The van der Waals surface area contributed by atoms with Crippen LogP contribution in [0.25, 0.3) is 10.6 Å². The fourth-order valence-corrected chi connectivity index (χ4v) is 4.00. The summed E-state index contributed by atoms with van der Waals surface area (Å²) in [5.41, 5.74) is 0.896. The van der Waals surface area contributed by atoms with Gasteiger partial charge in [0.2, 0.25) is 16.9 Å². The zero-order chi connectivity index (χ0) is 22.8. The molecule has 0 aliphatic carbocycles. The maximum absolute atomic E-state index is 13.0. The largest absolute Gasteiger partial charge is 0.497 e. The van der Waals surface area contributed by atoms with Crippen molar-refractivity contribution in [2.24, 2.45) is 11.8 Å². The number of carbonyl (C=O) groups excluding carboxylic acids is 2. The summed E-state index contributed by atoms with van der Waals surface area (Å²) in [5, 5.41) is 15.2. The molecule has 3 atom stereocenters. The Morgan fingerprint density at radius 2 is 1.77 bits per heavy atom. The van der Waals surface area contributed by atoms with Gasteiger partial charge < -0.3 is 10.1 Å². The molecule has 0 saturated heterocycles. The molecule has 7 nitrogen and oxygen atoms in total. The summed E-state index contributed by atoms with van der Waals surface area (Å²) >= 11 is 1.30. The normalized spacial score (nSPS) is 13.8. The van der Waals surface area contributed by atoms with Crippen molar-refractivity contribution < 1.29 is 14.3 Å². The average molecular weight is 447 g/mol. The van der Waals surface area contributed by atoms with Gasteiger partial charge in [-0.3, -0.25) is 14.9 Å². The lowest BCUT2D eigenvalue weighted by Gasteiger charge is -2.25. The number of methoxy groups -OCH3 is 1. The molecule has 0 unspecified atom stereocenters. The zero-order valence-electron chi connectivity index (χ0n) is 19.1. The summed E-state index contributed by atoms with van der Waals surface area (Å²) < 4.78 is 5.18. The Labute approximate surface area is 189 Å². The first-order valence-electron chi connectivity index (χ1n) is 11.0. The molecule has 2 aromatic rings. The number of benzene rings is 1. The van der Waals surface area contributed by atoms with Gasteiger partial charge in [-0.05, 0) is 43.0 Å². The molecular weight excluding hydrogens is 412 g/mol. The molecule has 2 rings (SSSR count). The van der Waals surface area contributed by atoms with Crippen LogP contribution in [0, 0.1) is 11.8 Å². The number of carbonyl (C=O) groups is 2. The number of nitrogens with one attached hydrogen (secondary N) is 2. The minimum absolute atomic E-state index is 0.00149. The van der Waals surface area contributed by atoms with Crippen LogP contribution in [0.15, 0.2) is 24.3 Å². The minimum atomic E-state index is -0.610. The van der Waals surface area contributed by atoms with E-state index in [0.29, 0.717) is 10.1 Å². The molecular formula is C23H34N4O3S. The van der Waals surface area contributed by atoms with E-state index in [0.717, 1.165) is 43.4 Å². The molecule has 0 radical (unpaired) electrons. The highest BCUT2D eigenvalue weighted by atomic mass is 32.1. The summed E-state index contributed by atoms with van der Waals surface area (Å²) in [6.45, 7) is 8.11. The maximum atomic E-state index is 13.0. The molecule has 0 spiro atoms. The maximum Gasteiger partial charge on any atom is 0.249 e. The SMILES string of the molecule is CCCC[C@H](CC)C(=O)N[C@@H](C(=O)Nc1nnc(-c2ccc(OC)cc2)s1)[C@H](C)CC.